The molecule has 18 heavy (non-hydrogen) atoms. The summed E-state index contributed by atoms with van der Waals surface area (Å²) in [6.45, 7) is 4.82. The molecule has 0 aromatic heterocycles. The minimum Gasteiger partial charge on any atom is -0.397 e. The molecule has 1 heterocycles. The molecule has 3 N–H and O–H groups in total. The minimum atomic E-state index is -0.493. The van der Waals surface area contributed by atoms with Crippen molar-refractivity contribution in [3.8, 4) is 0 Å². The van der Waals surface area contributed by atoms with Crippen molar-refractivity contribution in [3.63, 3.8) is 0 Å². The van der Waals surface area contributed by atoms with Crippen molar-refractivity contribution >= 4 is 23.0 Å². The van der Waals surface area contributed by atoms with Crippen LogP contribution in [-0.2, 0) is 4.74 Å². The van der Waals surface area contributed by atoms with E-state index in [9.17, 15) is 4.39 Å². The third-order valence-electron chi connectivity index (χ3n) is 3.15. The van der Waals surface area contributed by atoms with Gasteiger partial charge in [-0.2, -0.15) is 0 Å². The van der Waals surface area contributed by atoms with Gasteiger partial charge in [-0.3, -0.25) is 0 Å². The largest absolute Gasteiger partial charge is 0.397 e. The van der Waals surface area contributed by atoms with Crippen LogP contribution < -0.4 is 11.1 Å². The van der Waals surface area contributed by atoms with Gasteiger partial charge in [0, 0.05) is 18.7 Å². The Kier molecular flexibility index (Phi) is 3.69. The molecule has 0 bridgehead atoms. The Morgan fingerprint density at radius 1 is 1.50 bits per heavy atom. The number of anilines is 2. The quantitative estimate of drug-likeness (QED) is 0.811. The van der Waals surface area contributed by atoms with E-state index >= 15 is 0 Å². The SMILES string of the molecule is CC1(C)CC(Nc2cc(Cl)c(F)cc2N)CCO1. The van der Waals surface area contributed by atoms with E-state index in [4.69, 9.17) is 22.1 Å². The molecule has 1 aromatic carbocycles. The van der Waals surface area contributed by atoms with E-state index < -0.39 is 5.82 Å². The average Bonchev–Trinajstić information content (AvgIpc) is 2.24. The first-order valence-corrected chi connectivity index (χ1v) is 6.40. The summed E-state index contributed by atoms with van der Waals surface area (Å²) in [7, 11) is 0. The number of nitrogens with one attached hydrogen (secondary N) is 1. The fraction of sp³-hybridized carbons (Fsp3) is 0.538. The van der Waals surface area contributed by atoms with Gasteiger partial charge in [0.1, 0.15) is 5.82 Å². The van der Waals surface area contributed by atoms with E-state index in [0.717, 1.165) is 12.8 Å². The number of halogens is 2. The molecule has 1 aliphatic rings. The summed E-state index contributed by atoms with van der Waals surface area (Å²) in [6, 6.07) is 3.04. The van der Waals surface area contributed by atoms with Gasteiger partial charge in [0.05, 0.1) is 22.0 Å². The van der Waals surface area contributed by atoms with Gasteiger partial charge in [-0.15, -0.1) is 0 Å². The highest BCUT2D eigenvalue weighted by molar-refractivity contribution is 6.31. The van der Waals surface area contributed by atoms with Crippen molar-refractivity contribution in [3.05, 3.63) is 23.0 Å². The van der Waals surface area contributed by atoms with Crippen molar-refractivity contribution in [2.45, 2.75) is 38.3 Å². The molecule has 0 radical (unpaired) electrons. The standard InChI is InChI=1S/C13H18ClFN2O/c1-13(2)7-8(3-4-18-13)17-12-5-9(14)10(15)6-11(12)16/h5-6,8,17H,3-4,7,16H2,1-2H3. The highest BCUT2D eigenvalue weighted by Crippen LogP contribution is 2.30. The van der Waals surface area contributed by atoms with Crippen LogP contribution in [0.25, 0.3) is 0 Å². The Hall–Kier alpha value is -1.00. The van der Waals surface area contributed by atoms with E-state index in [1.165, 1.54) is 12.1 Å². The van der Waals surface area contributed by atoms with Crippen molar-refractivity contribution in [1.82, 2.24) is 0 Å². The molecule has 100 valence electrons. The lowest BCUT2D eigenvalue weighted by molar-refractivity contribution is -0.0553. The zero-order valence-electron chi connectivity index (χ0n) is 10.6. The lowest BCUT2D eigenvalue weighted by Gasteiger charge is -2.36. The first-order chi connectivity index (χ1) is 8.37. The summed E-state index contributed by atoms with van der Waals surface area (Å²) in [5.41, 5.74) is 6.70. The maximum Gasteiger partial charge on any atom is 0.143 e. The predicted octanol–water partition coefficient (Wildman–Crippen LogP) is 3.43. The van der Waals surface area contributed by atoms with Gasteiger partial charge in [0.2, 0.25) is 0 Å². The minimum absolute atomic E-state index is 0.0815. The molecular formula is C13H18ClFN2O. The summed E-state index contributed by atoms with van der Waals surface area (Å²) in [4.78, 5) is 0. The third-order valence-corrected chi connectivity index (χ3v) is 3.44. The number of nitrogens with two attached hydrogens (primary N) is 1. The van der Waals surface area contributed by atoms with Gasteiger partial charge in [-0.05, 0) is 32.8 Å². The molecule has 1 aliphatic heterocycles. The maximum absolute atomic E-state index is 13.2. The van der Waals surface area contributed by atoms with E-state index in [2.05, 4.69) is 19.2 Å². The summed E-state index contributed by atoms with van der Waals surface area (Å²) >= 11 is 5.76. The molecule has 1 saturated heterocycles. The summed E-state index contributed by atoms with van der Waals surface area (Å²) in [5, 5.41) is 3.40. The van der Waals surface area contributed by atoms with Crippen LogP contribution in [0, 0.1) is 5.82 Å². The summed E-state index contributed by atoms with van der Waals surface area (Å²) in [6.07, 6.45) is 1.78. The summed E-state index contributed by atoms with van der Waals surface area (Å²) in [5.74, 6) is -0.493. The van der Waals surface area contributed by atoms with Crippen LogP contribution in [-0.4, -0.2) is 18.2 Å². The molecule has 1 fully saturated rings. The maximum atomic E-state index is 13.2. The molecule has 0 spiro atoms. The molecule has 0 amide bonds. The van der Waals surface area contributed by atoms with Crippen LogP contribution in [0.2, 0.25) is 5.02 Å². The van der Waals surface area contributed by atoms with Gasteiger partial charge in [0.25, 0.3) is 0 Å². The van der Waals surface area contributed by atoms with E-state index in [-0.39, 0.29) is 16.7 Å². The van der Waals surface area contributed by atoms with Gasteiger partial charge < -0.3 is 15.8 Å². The normalized spacial score (nSPS) is 22.8. The second kappa shape index (κ2) is 4.94. The van der Waals surface area contributed by atoms with Gasteiger partial charge in [-0.1, -0.05) is 11.6 Å². The second-order valence-electron chi connectivity index (χ2n) is 5.30. The molecule has 1 atom stereocenters. The van der Waals surface area contributed by atoms with Crippen molar-refractivity contribution in [2.24, 2.45) is 0 Å². The third kappa shape index (κ3) is 3.06. The van der Waals surface area contributed by atoms with Gasteiger partial charge in [-0.25, -0.2) is 4.39 Å². The Bertz CT molecular complexity index is 451. The topological polar surface area (TPSA) is 47.3 Å². The first kappa shape index (κ1) is 13.4. The van der Waals surface area contributed by atoms with Crippen molar-refractivity contribution in [1.29, 1.82) is 0 Å². The smallest absolute Gasteiger partial charge is 0.143 e. The lowest BCUT2D eigenvalue weighted by atomic mass is 9.93. The van der Waals surface area contributed by atoms with Crippen molar-refractivity contribution in [2.75, 3.05) is 17.7 Å². The zero-order valence-corrected chi connectivity index (χ0v) is 11.4. The molecule has 3 nitrogen and oxygen atoms in total. The highest BCUT2D eigenvalue weighted by atomic mass is 35.5. The molecular weight excluding hydrogens is 255 g/mol. The number of ether oxygens (including phenoxy) is 1. The Balaban J connectivity index is 2.12. The van der Waals surface area contributed by atoms with Crippen LogP contribution >= 0.6 is 11.6 Å². The number of rotatable bonds is 2. The predicted molar refractivity (Wildman–Crippen MR) is 72.5 cm³/mol. The zero-order chi connectivity index (χ0) is 13.3. The number of hydrogen-bond donors (Lipinski definition) is 2. The Labute approximate surface area is 111 Å². The fourth-order valence-electron chi connectivity index (χ4n) is 2.26. The molecule has 1 unspecified atom stereocenters. The number of benzene rings is 1. The van der Waals surface area contributed by atoms with Crippen LogP contribution in [0.1, 0.15) is 26.7 Å². The molecule has 0 aliphatic carbocycles. The van der Waals surface area contributed by atoms with Crippen LogP contribution in [0.4, 0.5) is 15.8 Å². The Morgan fingerprint density at radius 3 is 2.89 bits per heavy atom. The highest BCUT2D eigenvalue weighted by Gasteiger charge is 2.29. The Morgan fingerprint density at radius 2 is 2.22 bits per heavy atom. The van der Waals surface area contributed by atoms with Crippen molar-refractivity contribution < 1.29 is 9.13 Å². The van der Waals surface area contributed by atoms with Gasteiger partial charge >= 0.3 is 0 Å². The van der Waals surface area contributed by atoms with E-state index in [0.29, 0.717) is 18.0 Å². The number of hydrogen-bond acceptors (Lipinski definition) is 3. The lowest BCUT2D eigenvalue weighted by Crippen LogP contribution is -2.40. The molecule has 1 aromatic rings. The molecule has 2 rings (SSSR count). The summed E-state index contributed by atoms with van der Waals surface area (Å²) < 4.78 is 18.9. The monoisotopic (exact) mass is 272 g/mol. The fourth-order valence-corrected chi connectivity index (χ4v) is 2.43. The van der Waals surface area contributed by atoms with Crippen LogP contribution in [0.3, 0.4) is 0 Å². The van der Waals surface area contributed by atoms with E-state index in [1.807, 2.05) is 0 Å². The van der Waals surface area contributed by atoms with Crippen LogP contribution in [0.5, 0.6) is 0 Å². The van der Waals surface area contributed by atoms with Crippen LogP contribution in [0.15, 0.2) is 12.1 Å². The average molecular weight is 273 g/mol. The molecule has 5 heteroatoms. The van der Waals surface area contributed by atoms with E-state index in [1.54, 1.807) is 0 Å². The molecule has 0 saturated carbocycles. The van der Waals surface area contributed by atoms with Gasteiger partial charge in [0.15, 0.2) is 0 Å². The first-order valence-electron chi connectivity index (χ1n) is 6.02. The second-order valence-corrected chi connectivity index (χ2v) is 5.70. The number of nitrogen functional groups attached to an aromatic ring is 1.